The number of nitrogens with one attached hydrogen (secondary N) is 1. The van der Waals surface area contributed by atoms with Crippen LogP contribution in [-0.4, -0.2) is 23.0 Å². The van der Waals surface area contributed by atoms with Gasteiger partial charge in [-0.05, 0) is 19.3 Å². The van der Waals surface area contributed by atoms with Crippen molar-refractivity contribution in [3.63, 3.8) is 0 Å². The van der Waals surface area contributed by atoms with E-state index in [0.717, 1.165) is 6.54 Å². The monoisotopic (exact) mass is 240 g/mol. The number of hydrogen-bond donors (Lipinski definition) is 1. The van der Waals surface area contributed by atoms with E-state index in [4.69, 9.17) is 0 Å². The first kappa shape index (κ1) is 12.3. The minimum atomic E-state index is 0.437. The Hall–Kier alpha value is -0.180. The van der Waals surface area contributed by atoms with Crippen molar-refractivity contribution in [3.8, 4) is 0 Å². The SMILES string of the molecule is CCCCCCN=C1NC2(CCCC2)CS1. The van der Waals surface area contributed by atoms with E-state index in [1.165, 1.54) is 62.3 Å². The Labute approximate surface area is 104 Å². The van der Waals surface area contributed by atoms with Crippen LogP contribution in [0, 0.1) is 0 Å². The van der Waals surface area contributed by atoms with E-state index < -0.39 is 0 Å². The second-order valence-corrected chi connectivity index (χ2v) is 6.11. The fourth-order valence-electron chi connectivity index (χ4n) is 2.63. The first-order chi connectivity index (χ1) is 7.85. The summed E-state index contributed by atoms with van der Waals surface area (Å²) in [4.78, 5) is 4.68. The molecule has 1 aliphatic heterocycles. The molecule has 1 heterocycles. The molecule has 1 N–H and O–H groups in total. The van der Waals surface area contributed by atoms with Crippen molar-refractivity contribution in [1.82, 2.24) is 5.32 Å². The first-order valence-electron chi connectivity index (χ1n) is 6.80. The highest BCUT2D eigenvalue weighted by Gasteiger charge is 2.39. The zero-order chi connectivity index (χ0) is 11.3. The minimum Gasteiger partial charge on any atom is -0.359 e. The molecular formula is C13H24N2S. The summed E-state index contributed by atoms with van der Waals surface area (Å²) < 4.78 is 0. The van der Waals surface area contributed by atoms with Gasteiger partial charge in [0, 0.05) is 17.8 Å². The number of hydrogen-bond acceptors (Lipinski definition) is 2. The molecule has 0 amide bonds. The van der Waals surface area contributed by atoms with Crippen molar-refractivity contribution in [3.05, 3.63) is 0 Å². The van der Waals surface area contributed by atoms with Gasteiger partial charge in [-0.15, -0.1) is 0 Å². The Morgan fingerprint density at radius 1 is 1.25 bits per heavy atom. The van der Waals surface area contributed by atoms with Crippen LogP contribution in [0.15, 0.2) is 4.99 Å². The summed E-state index contributed by atoms with van der Waals surface area (Å²) in [6, 6.07) is 0. The second kappa shape index (κ2) is 5.95. The van der Waals surface area contributed by atoms with Gasteiger partial charge in [-0.1, -0.05) is 50.8 Å². The molecular weight excluding hydrogens is 216 g/mol. The molecule has 0 bridgehead atoms. The van der Waals surface area contributed by atoms with Gasteiger partial charge in [0.2, 0.25) is 0 Å². The molecule has 0 aromatic heterocycles. The van der Waals surface area contributed by atoms with Crippen molar-refractivity contribution in [1.29, 1.82) is 0 Å². The van der Waals surface area contributed by atoms with Gasteiger partial charge in [-0.3, -0.25) is 4.99 Å². The van der Waals surface area contributed by atoms with Gasteiger partial charge in [0.15, 0.2) is 5.17 Å². The third kappa shape index (κ3) is 3.16. The third-order valence-electron chi connectivity index (χ3n) is 3.69. The van der Waals surface area contributed by atoms with Gasteiger partial charge in [-0.2, -0.15) is 0 Å². The number of aliphatic imine (C=N–C) groups is 1. The second-order valence-electron chi connectivity index (χ2n) is 5.15. The Kier molecular flexibility index (Phi) is 4.56. The van der Waals surface area contributed by atoms with Gasteiger partial charge in [0.05, 0.1) is 0 Å². The quantitative estimate of drug-likeness (QED) is 0.743. The van der Waals surface area contributed by atoms with Crippen LogP contribution in [0.1, 0.15) is 58.3 Å². The van der Waals surface area contributed by atoms with E-state index in [2.05, 4.69) is 17.2 Å². The fourth-order valence-corrected chi connectivity index (χ4v) is 3.88. The molecule has 0 atom stereocenters. The van der Waals surface area contributed by atoms with Crippen LogP contribution in [0.5, 0.6) is 0 Å². The van der Waals surface area contributed by atoms with Crippen LogP contribution in [0.2, 0.25) is 0 Å². The third-order valence-corrected chi connectivity index (χ3v) is 4.89. The molecule has 16 heavy (non-hydrogen) atoms. The molecule has 0 radical (unpaired) electrons. The molecule has 2 nitrogen and oxygen atoms in total. The summed E-state index contributed by atoms with van der Waals surface area (Å²) in [5.41, 5.74) is 0.437. The lowest BCUT2D eigenvalue weighted by Crippen LogP contribution is -2.40. The van der Waals surface area contributed by atoms with E-state index in [1.54, 1.807) is 0 Å². The molecule has 0 unspecified atom stereocenters. The smallest absolute Gasteiger partial charge is 0.157 e. The maximum atomic E-state index is 4.68. The van der Waals surface area contributed by atoms with Crippen LogP contribution < -0.4 is 5.32 Å². The van der Waals surface area contributed by atoms with Crippen molar-refractivity contribution < 1.29 is 0 Å². The summed E-state index contributed by atoms with van der Waals surface area (Å²) in [7, 11) is 0. The van der Waals surface area contributed by atoms with Crippen molar-refractivity contribution in [2.24, 2.45) is 4.99 Å². The number of nitrogens with zero attached hydrogens (tertiary/aromatic N) is 1. The highest BCUT2D eigenvalue weighted by atomic mass is 32.2. The molecule has 1 spiro atoms. The number of thioether (sulfide) groups is 1. The van der Waals surface area contributed by atoms with Crippen LogP contribution in [0.25, 0.3) is 0 Å². The fraction of sp³-hybridized carbons (Fsp3) is 0.923. The molecule has 0 aromatic carbocycles. The predicted molar refractivity (Wildman–Crippen MR) is 73.2 cm³/mol. The Morgan fingerprint density at radius 2 is 2.06 bits per heavy atom. The maximum absolute atomic E-state index is 4.68. The summed E-state index contributed by atoms with van der Waals surface area (Å²) >= 11 is 1.94. The zero-order valence-corrected chi connectivity index (χ0v) is 11.2. The van der Waals surface area contributed by atoms with Crippen LogP contribution in [-0.2, 0) is 0 Å². The number of rotatable bonds is 5. The van der Waals surface area contributed by atoms with E-state index >= 15 is 0 Å². The number of unbranched alkanes of at least 4 members (excludes halogenated alkanes) is 3. The number of amidine groups is 1. The first-order valence-corrected chi connectivity index (χ1v) is 7.79. The van der Waals surface area contributed by atoms with E-state index in [0.29, 0.717) is 5.54 Å². The Bertz CT molecular complexity index is 244. The Balaban J connectivity index is 1.69. The predicted octanol–water partition coefficient (Wildman–Crippen LogP) is 3.57. The summed E-state index contributed by atoms with van der Waals surface area (Å²) in [5.74, 6) is 1.25. The molecule has 2 aliphatic rings. The lowest BCUT2D eigenvalue weighted by atomic mass is 10.0. The highest BCUT2D eigenvalue weighted by Crippen LogP contribution is 2.37. The maximum Gasteiger partial charge on any atom is 0.157 e. The van der Waals surface area contributed by atoms with Gasteiger partial charge in [0.25, 0.3) is 0 Å². The molecule has 1 saturated carbocycles. The Morgan fingerprint density at radius 3 is 2.81 bits per heavy atom. The molecule has 92 valence electrons. The van der Waals surface area contributed by atoms with Gasteiger partial charge in [-0.25, -0.2) is 0 Å². The molecule has 2 fully saturated rings. The van der Waals surface area contributed by atoms with Crippen molar-refractivity contribution in [2.45, 2.75) is 63.8 Å². The minimum absolute atomic E-state index is 0.437. The zero-order valence-electron chi connectivity index (χ0n) is 10.4. The average Bonchev–Trinajstić information content (AvgIpc) is 2.90. The van der Waals surface area contributed by atoms with Gasteiger partial charge >= 0.3 is 0 Å². The van der Waals surface area contributed by atoms with Gasteiger partial charge < -0.3 is 5.32 Å². The summed E-state index contributed by atoms with van der Waals surface area (Å²) in [6.45, 7) is 3.27. The van der Waals surface area contributed by atoms with Crippen LogP contribution in [0.4, 0.5) is 0 Å². The van der Waals surface area contributed by atoms with E-state index in [1.807, 2.05) is 11.8 Å². The van der Waals surface area contributed by atoms with Crippen molar-refractivity contribution >= 4 is 16.9 Å². The molecule has 3 heteroatoms. The average molecular weight is 240 g/mol. The van der Waals surface area contributed by atoms with Crippen molar-refractivity contribution in [2.75, 3.05) is 12.3 Å². The van der Waals surface area contributed by atoms with E-state index in [-0.39, 0.29) is 0 Å². The normalized spacial score (nSPS) is 25.4. The molecule has 1 aliphatic carbocycles. The molecule has 0 aromatic rings. The summed E-state index contributed by atoms with van der Waals surface area (Å²) in [6.07, 6.45) is 10.8. The van der Waals surface area contributed by atoms with Gasteiger partial charge in [0.1, 0.15) is 0 Å². The van der Waals surface area contributed by atoms with Crippen LogP contribution in [0.3, 0.4) is 0 Å². The molecule has 2 rings (SSSR count). The summed E-state index contributed by atoms with van der Waals surface area (Å²) in [5, 5.41) is 4.89. The molecule has 1 saturated heterocycles. The lowest BCUT2D eigenvalue weighted by Gasteiger charge is -2.21. The van der Waals surface area contributed by atoms with Crippen LogP contribution >= 0.6 is 11.8 Å². The lowest BCUT2D eigenvalue weighted by molar-refractivity contribution is 0.452. The standard InChI is InChI=1S/C13H24N2S/c1-2-3-4-7-10-14-12-15-13(11-16-12)8-5-6-9-13/h2-11H2,1H3,(H,14,15). The highest BCUT2D eigenvalue weighted by molar-refractivity contribution is 8.14. The largest absolute Gasteiger partial charge is 0.359 e. The van der Waals surface area contributed by atoms with E-state index in [9.17, 15) is 0 Å². The topological polar surface area (TPSA) is 24.4 Å².